The minimum Gasteiger partial charge on any atom is -0.363 e. The van der Waals surface area contributed by atoms with Crippen LogP contribution in [0, 0.1) is 0 Å². The van der Waals surface area contributed by atoms with Gasteiger partial charge in [0.1, 0.15) is 12.0 Å². The van der Waals surface area contributed by atoms with Crippen molar-refractivity contribution >= 4 is 65.6 Å². The molecule has 204 valence electrons. The second kappa shape index (κ2) is 12.8. The first kappa shape index (κ1) is 29.6. The molecule has 8 nitrogen and oxygen atoms in total. The molecule has 0 aliphatic heterocycles. The van der Waals surface area contributed by atoms with Crippen molar-refractivity contribution in [2.45, 2.75) is 23.8 Å². The molecule has 2 aromatic carbocycles. The van der Waals surface area contributed by atoms with Crippen LogP contribution in [0.15, 0.2) is 71.6 Å². The fraction of sp³-hybridized carbons (Fsp3) is 0.192. The number of carbonyl (C=O) groups excluding carboxylic acids is 1. The molecule has 0 atom stereocenters. The number of benzene rings is 2. The first-order valence-corrected chi connectivity index (χ1v) is 15.0. The van der Waals surface area contributed by atoms with E-state index < -0.39 is 18.3 Å². The second-order valence-electron chi connectivity index (χ2n) is 8.61. The number of halogens is 4. The molecule has 2 N–H and O–H groups in total. The Labute approximate surface area is 244 Å². The molecule has 0 unspecified atom stereocenters. The Bertz CT molecular complexity index is 1490. The van der Waals surface area contributed by atoms with Gasteiger partial charge in [-0.15, -0.1) is 0 Å². The van der Waals surface area contributed by atoms with Crippen LogP contribution >= 0.6 is 54.0 Å². The maximum absolute atomic E-state index is 12.9. The quantitative estimate of drug-likeness (QED) is 0.141. The molecule has 0 bridgehead atoms. The van der Waals surface area contributed by atoms with E-state index in [4.69, 9.17) is 60.7 Å². The summed E-state index contributed by atoms with van der Waals surface area (Å²) in [5.41, 5.74) is 3.92. The van der Waals surface area contributed by atoms with Gasteiger partial charge in [0.05, 0.1) is 27.5 Å². The summed E-state index contributed by atoms with van der Waals surface area (Å²) >= 11 is 24.7. The maximum Gasteiger partial charge on any atom is 0.329 e. The summed E-state index contributed by atoms with van der Waals surface area (Å²) in [5.74, 6) is -0.493. The minimum absolute atomic E-state index is 0.301. The van der Waals surface area contributed by atoms with E-state index in [2.05, 4.69) is 10.1 Å². The molecular formula is C26H22Cl4N3O5P. The van der Waals surface area contributed by atoms with Crippen LogP contribution in [-0.2, 0) is 21.9 Å². The third-order valence-corrected chi connectivity index (χ3v) is 7.59. The van der Waals surface area contributed by atoms with Gasteiger partial charge in [-0.1, -0.05) is 81.9 Å². The van der Waals surface area contributed by atoms with Crippen LogP contribution in [0.5, 0.6) is 0 Å². The molecule has 2 heterocycles. The highest BCUT2D eigenvalue weighted by Gasteiger charge is 2.24. The molecule has 0 radical (unpaired) electrons. The van der Waals surface area contributed by atoms with E-state index >= 15 is 0 Å². The molecule has 0 saturated carbocycles. The van der Waals surface area contributed by atoms with Gasteiger partial charge < -0.3 is 19.2 Å². The highest BCUT2D eigenvalue weighted by atomic mass is 35.5. The average Bonchev–Trinajstić information content (AvgIpc) is 3.36. The van der Waals surface area contributed by atoms with Crippen LogP contribution in [0.25, 0.3) is 22.5 Å². The number of hydrogen-bond acceptors (Lipinski definition) is 5. The predicted octanol–water partition coefficient (Wildman–Crippen LogP) is 7.16. The normalized spacial score (nSPS) is 11.7. The van der Waals surface area contributed by atoms with Crippen molar-refractivity contribution in [1.82, 2.24) is 10.1 Å². The van der Waals surface area contributed by atoms with Gasteiger partial charge in [-0.3, -0.25) is 14.3 Å². The zero-order chi connectivity index (χ0) is 28.2. The monoisotopic (exact) mass is 627 g/mol. The first-order valence-electron chi connectivity index (χ1n) is 11.6. The molecule has 0 aliphatic carbocycles. The molecule has 1 amide bonds. The smallest absolute Gasteiger partial charge is 0.329 e. The fourth-order valence-corrected chi connectivity index (χ4v) is 5.53. The number of nitrogens with zero attached hydrogens (tertiary/aromatic N) is 3. The van der Waals surface area contributed by atoms with Gasteiger partial charge >= 0.3 is 7.60 Å². The number of alkyl halides is 2. The number of amides is 1. The van der Waals surface area contributed by atoms with Crippen LogP contribution in [-0.4, -0.2) is 37.2 Å². The Morgan fingerprint density at radius 2 is 1.69 bits per heavy atom. The third-order valence-electron chi connectivity index (χ3n) is 5.81. The second-order valence-corrected chi connectivity index (χ2v) is 12.2. The van der Waals surface area contributed by atoms with Crippen molar-refractivity contribution in [2.24, 2.45) is 0 Å². The van der Waals surface area contributed by atoms with Crippen molar-refractivity contribution in [3.05, 3.63) is 88.2 Å². The van der Waals surface area contributed by atoms with E-state index in [0.29, 0.717) is 63.2 Å². The van der Waals surface area contributed by atoms with Crippen LogP contribution in [0.1, 0.15) is 17.5 Å². The van der Waals surface area contributed by atoms with Gasteiger partial charge in [0.25, 0.3) is 5.91 Å². The summed E-state index contributed by atoms with van der Waals surface area (Å²) in [6, 6.07) is 15.5. The predicted molar refractivity (Wildman–Crippen MR) is 154 cm³/mol. The lowest BCUT2D eigenvalue weighted by Gasteiger charge is -2.24. The molecular weight excluding hydrogens is 607 g/mol. The van der Waals surface area contributed by atoms with Gasteiger partial charge in [0.15, 0.2) is 4.84 Å². The molecule has 0 spiro atoms. The summed E-state index contributed by atoms with van der Waals surface area (Å²) in [6.07, 6.45) is 3.83. The number of aromatic nitrogens is 2. The van der Waals surface area contributed by atoms with Crippen molar-refractivity contribution in [2.75, 3.05) is 11.4 Å². The van der Waals surface area contributed by atoms with Crippen molar-refractivity contribution in [3.63, 3.8) is 0 Å². The van der Waals surface area contributed by atoms with E-state index in [0.717, 1.165) is 5.56 Å². The van der Waals surface area contributed by atoms with E-state index in [1.807, 2.05) is 0 Å². The highest BCUT2D eigenvalue weighted by molar-refractivity contribution is 7.50. The molecule has 2 aromatic heterocycles. The number of carbonyl (C=O) groups is 1. The standard InChI is InChI=1S/C26H22Cl4N3O5P/c27-20-4-1-5-21(28)23(20)24-19(14-38-32-24)22-13-18(10-11-31-22)33(26(34)25(29)30)12-2-3-16-6-8-17(9-7-16)15-39(35,36)37/h1,4-11,13-14,25H,2-3,12,15H2,(H2,35,36,37). The lowest BCUT2D eigenvalue weighted by atomic mass is 10.0. The maximum atomic E-state index is 12.9. The van der Waals surface area contributed by atoms with Crippen molar-refractivity contribution < 1.29 is 23.7 Å². The van der Waals surface area contributed by atoms with Crippen molar-refractivity contribution in [3.8, 4) is 22.5 Å². The van der Waals surface area contributed by atoms with Crippen LogP contribution in [0.4, 0.5) is 5.69 Å². The first-order chi connectivity index (χ1) is 18.5. The van der Waals surface area contributed by atoms with E-state index in [1.54, 1.807) is 60.8 Å². The van der Waals surface area contributed by atoms with Crippen LogP contribution < -0.4 is 4.90 Å². The number of hydrogen-bond donors (Lipinski definition) is 2. The summed E-state index contributed by atoms with van der Waals surface area (Å²) < 4.78 is 16.4. The largest absolute Gasteiger partial charge is 0.363 e. The molecule has 4 aromatic rings. The number of anilines is 1. The topological polar surface area (TPSA) is 117 Å². The molecule has 4 rings (SSSR count). The highest BCUT2D eigenvalue weighted by Crippen LogP contribution is 2.40. The summed E-state index contributed by atoms with van der Waals surface area (Å²) in [6.45, 7) is 0.301. The molecule has 13 heteroatoms. The lowest BCUT2D eigenvalue weighted by Crippen LogP contribution is -2.36. The summed E-state index contributed by atoms with van der Waals surface area (Å²) in [7, 11) is -4.14. The third kappa shape index (κ3) is 7.62. The van der Waals surface area contributed by atoms with E-state index in [1.165, 1.54) is 11.2 Å². The van der Waals surface area contributed by atoms with Gasteiger partial charge in [0.2, 0.25) is 0 Å². The number of aryl methyl sites for hydroxylation is 1. The summed E-state index contributed by atoms with van der Waals surface area (Å²) in [5, 5.41) is 4.87. The molecule has 0 fully saturated rings. The Morgan fingerprint density at radius 3 is 2.33 bits per heavy atom. The van der Waals surface area contributed by atoms with Gasteiger partial charge in [-0.05, 0) is 48.2 Å². The summed E-state index contributed by atoms with van der Waals surface area (Å²) in [4.78, 5) is 35.9. The molecule has 39 heavy (non-hydrogen) atoms. The van der Waals surface area contributed by atoms with E-state index in [9.17, 15) is 9.36 Å². The van der Waals surface area contributed by atoms with E-state index in [-0.39, 0.29) is 6.16 Å². The van der Waals surface area contributed by atoms with Gasteiger partial charge in [0, 0.05) is 24.0 Å². The molecule has 0 aliphatic rings. The zero-order valence-electron chi connectivity index (χ0n) is 20.2. The Balaban J connectivity index is 1.55. The van der Waals surface area contributed by atoms with Gasteiger partial charge in [-0.25, -0.2) is 0 Å². The van der Waals surface area contributed by atoms with Gasteiger partial charge in [-0.2, -0.15) is 0 Å². The van der Waals surface area contributed by atoms with Crippen LogP contribution in [0.3, 0.4) is 0 Å². The average molecular weight is 629 g/mol. The molecule has 0 saturated heterocycles. The number of rotatable bonds is 10. The van der Waals surface area contributed by atoms with Crippen LogP contribution in [0.2, 0.25) is 10.0 Å². The Morgan fingerprint density at radius 1 is 1.03 bits per heavy atom. The Hall–Kier alpha value is -2.42. The SMILES string of the molecule is O=C(C(Cl)Cl)N(CCCc1ccc(CP(=O)(O)O)cc1)c1ccnc(-c2conc2-c2c(Cl)cccc2Cl)c1. The Kier molecular flexibility index (Phi) is 9.73. The fourth-order valence-electron chi connectivity index (χ4n) is 4.03. The zero-order valence-corrected chi connectivity index (χ0v) is 24.1. The van der Waals surface area contributed by atoms with Crippen molar-refractivity contribution in [1.29, 1.82) is 0 Å². The minimum atomic E-state index is -4.14. The lowest BCUT2D eigenvalue weighted by molar-refractivity contribution is -0.117. The number of pyridine rings is 1.